The van der Waals surface area contributed by atoms with Crippen molar-refractivity contribution in [3.63, 3.8) is 0 Å². The summed E-state index contributed by atoms with van der Waals surface area (Å²) in [4.78, 5) is 24.0. The lowest BCUT2D eigenvalue weighted by Crippen LogP contribution is -2.44. The van der Waals surface area contributed by atoms with Crippen LogP contribution >= 0.6 is 0 Å². The van der Waals surface area contributed by atoms with Crippen LogP contribution in [0.5, 0.6) is 0 Å². The summed E-state index contributed by atoms with van der Waals surface area (Å²) < 4.78 is 0. The molecule has 0 spiro atoms. The molecule has 0 aliphatic carbocycles. The Labute approximate surface area is 84.9 Å². The minimum Gasteiger partial charge on any atom is -0.480 e. The first kappa shape index (κ1) is 12.9. The van der Waals surface area contributed by atoms with Crippen LogP contribution in [0.3, 0.4) is 0 Å². The first-order valence-corrected chi connectivity index (χ1v) is 4.68. The van der Waals surface area contributed by atoms with Crippen LogP contribution < -0.4 is 0 Å². The van der Waals surface area contributed by atoms with E-state index in [2.05, 4.69) is 0 Å². The van der Waals surface area contributed by atoms with Gasteiger partial charge in [-0.05, 0) is 19.8 Å². The van der Waals surface area contributed by atoms with Crippen LogP contribution in [0, 0.1) is 11.3 Å². The molecule has 82 valence electrons. The molecule has 0 aromatic heterocycles. The van der Waals surface area contributed by atoms with E-state index in [0.717, 1.165) is 0 Å². The van der Waals surface area contributed by atoms with Gasteiger partial charge in [0, 0.05) is 13.6 Å². The minimum atomic E-state index is -1.33. The Morgan fingerprint density at radius 1 is 1.36 bits per heavy atom. The molecular weight excluding hydrogens is 182 g/mol. The van der Waals surface area contributed by atoms with E-state index in [1.807, 2.05) is 13.8 Å². The molecule has 4 nitrogen and oxygen atoms in total. The summed E-state index contributed by atoms with van der Waals surface area (Å²) in [6, 6.07) is 0. The van der Waals surface area contributed by atoms with Gasteiger partial charge in [0.15, 0.2) is 0 Å². The maximum Gasteiger partial charge on any atom is 0.318 e. The molecule has 0 heterocycles. The molecule has 14 heavy (non-hydrogen) atoms. The second-order valence-corrected chi connectivity index (χ2v) is 4.51. The highest BCUT2D eigenvalue weighted by atomic mass is 16.4. The zero-order valence-corrected chi connectivity index (χ0v) is 9.50. The van der Waals surface area contributed by atoms with E-state index in [1.54, 1.807) is 7.05 Å². The van der Waals surface area contributed by atoms with Crippen LogP contribution in [-0.4, -0.2) is 35.5 Å². The molecule has 1 amide bonds. The van der Waals surface area contributed by atoms with Gasteiger partial charge >= 0.3 is 5.97 Å². The van der Waals surface area contributed by atoms with Crippen LogP contribution in [0.4, 0.5) is 0 Å². The number of carbonyl (C=O) groups is 2. The summed E-state index contributed by atoms with van der Waals surface area (Å²) in [5.74, 6) is -1.09. The topological polar surface area (TPSA) is 57.6 Å². The van der Waals surface area contributed by atoms with E-state index in [9.17, 15) is 9.59 Å². The Morgan fingerprint density at radius 3 is 2.07 bits per heavy atom. The summed E-state index contributed by atoms with van der Waals surface area (Å²) >= 11 is 0. The lowest BCUT2D eigenvalue weighted by atomic mass is 9.92. The van der Waals surface area contributed by atoms with Crippen LogP contribution in [0.25, 0.3) is 0 Å². The molecule has 1 N–H and O–H groups in total. The monoisotopic (exact) mass is 201 g/mol. The highest BCUT2D eigenvalue weighted by Gasteiger charge is 2.38. The van der Waals surface area contributed by atoms with E-state index in [0.29, 0.717) is 12.5 Å². The van der Waals surface area contributed by atoms with Gasteiger partial charge in [-0.25, -0.2) is 0 Å². The molecule has 0 saturated carbocycles. The molecule has 0 aliphatic heterocycles. The highest BCUT2D eigenvalue weighted by molar-refractivity contribution is 6.00. The normalized spacial score (nSPS) is 11.6. The third-order valence-electron chi connectivity index (χ3n) is 2.06. The molecule has 0 aromatic rings. The van der Waals surface area contributed by atoms with Crippen molar-refractivity contribution in [2.24, 2.45) is 11.3 Å². The van der Waals surface area contributed by atoms with Crippen molar-refractivity contribution in [3.8, 4) is 0 Å². The Morgan fingerprint density at radius 2 is 1.79 bits per heavy atom. The van der Waals surface area contributed by atoms with Crippen molar-refractivity contribution in [2.45, 2.75) is 27.7 Å². The van der Waals surface area contributed by atoms with Gasteiger partial charge in [-0.1, -0.05) is 13.8 Å². The van der Waals surface area contributed by atoms with Gasteiger partial charge in [0.1, 0.15) is 5.41 Å². The predicted octanol–water partition coefficient (Wildman–Crippen LogP) is 1.21. The molecule has 0 radical (unpaired) electrons. The van der Waals surface area contributed by atoms with E-state index in [-0.39, 0.29) is 5.91 Å². The Hall–Kier alpha value is -1.06. The van der Waals surface area contributed by atoms with Crippen LogP contribution in [0.2, 0.25) is 0 Å². The zero-order valence-electron chi connectivity index (χ0n) is 9.50. The summed E-state index contributed by atoms with van der Waals surface area (Å²) in [5, 5.41) is 8.85. The molecule has 0 aliphatic rings. The maximum absolute atomic E-state index is 11.7. The first-order valence-electron chi connectivity index (χ1n) is 4.68. The van der Waals surface area contributed by atoms with Crippen molar-refractivity contribution in [3.05, 3.63) is 0 Å². The van der Waals surface area contributed by atoms with Gasteiger partial charge in [-0.3, -0.25) is 9.59 Å². The van der Waals surface area contributed by atoms with E-state index >= 15 is 0 Å². The van der Waals surface area contributed by atoms with Gasteiger partial charge in [0.2, 0.25) is 5.91 Å². The fraction of sp³-hybridized carbons (Fsp3) is 0.800. The average Bonchev–Trinajstić information content (AvgIpc) is 2.01. The van der Waals surface area contributed by atoms with Crippen molar-refractivity contribution >= 4 is 11.9 Å². The lowest BCUT2D eigenvalue weighted by Gasteiger charge is -2.27. The molecule has 0 fully saturated rings. The van der Waals surface area contributed by atoms with Gasteiger partial charge in [-0.2, -0.15) is 0 Å². The van der Waals surface area contributed by atoms with Crippen LogP contribution in [-0.2, 0) is 9.59 Å². The molecule has 0 atom stereocenters. The highest BCUT2D eigenvalue weighted by Crippen LogP contribution is 2.18. The second-order valence-electron chi connectivity index (χ2n) is 4.51. The Kier molecular flexibility index (Phi) is 4.10. The fourth-order valence-electron chi connectivity index (χ4n) is 1.20. The van der Waals surface area contributed by atoms with E-state index in [1.165, 1.54) is 18.7 Å². The van der Waals surface area contributed by atoms with Gasteiger partial charge in [-0.15, -0.1) is 0 Å². The van der Waals surface area contributed by atoms with Crippen molar-refractivity contribution < 1.29 is 14.7 Å². The van der Waals surface area contributed by atoms with Gasteiger partial charge in [0.25, 0.3) is 0 Å². The first-order chi connectivity index (χ1) is 6.19. The summed E-state index contributed by atoms with van der Waals surface area (Å²) in [6.07, 6.45) is 0. The standard InChI is InChI=1S/C10H19NO3/c1-7(2)6-11(5)8(12)10(3,4)9(13)14/h7H,6H2,1-5H3,(H,13,14). The lowest BCUT2D eigenvalue weighted by molar-refractivity contribution is -0.157. The molecular formula is C10H19NO3. The van der Waals surface area contributed by atoms with E-state index in [4.69, 9.17) is 5.11 Å². The molecule has 0 bridgehead atoms. The molecule has 0 unspecified atom stereocenters. The molecule has 0 saturated heterocycles. The number of carbonyl (C=O) groups excluding carboxylic acids is 1. The smallest absolute Gasteiger partial charge is 0.318 e. The van der Waals surface area contributed by atoms with Gasteiger partial charge < -0.3 is 10.0 Å². The number of nitrogens with zero attached hydrogens (tertiary/aromatic N) is 1. The number of carboxylic acid groups (broad SMARTS) is 1. The van der Waals surface area contributed by atoms with Crippen molar-refractivity contribution in [2.75, 3.05) is 13.6 Å². The van der Waals surface area contributed by atoms with Crippen LogP contribution in [0.15, 0.2) is 0 Å². The number of amides is 1. The summed E-state index contributed by atoms with van der Waals surface area (Å²) in [6.45, 7) is 7.40. The number of carboxylic acids is 1. The maximum atomic E-state index is 11.7. The van der Waals surface area contributed by atoms with Crippen molar-refractivity contribution in [1.29, 1.82) is 0 Å². The number of hydrogen-bond donors (Lipinski definition) is 1. The van der Waals surface area contributed by atoms with E-state index < -0.39 is 11.4 Å². The SMILES string of the molecule is CC(C)CN(C)C(=O)C(C)(C)C(=O)O. The molecule has 0 aromatic carbocycles. The number of hydrogen-bond acceptors (Lipinski definition) is 2. The molecule has 4 heteroatoms. The number of aliphatic carboxylic acids is 1. The van der Waals surface area contributed by atoms with Crippen molar-refractivity contribution in [1.82, 2.24) is 4.90 Å². The third-order valence-corrected chi connectivity index (χ3v) is 2.06. The Balaban J connectivity index is 4.53. The van der Waals surface area contributed by atoms with Gasteiger partial charge in [0.05, 0.1) is 0 Å². The minimum absolute atomic E-state index is 0.341. The second kappa shape index (κ2) is 4.44. The van der Waals surface area contributed by atoms with Crippen LogP contribution in [0.1, 0.15) is 27.7 Å². The zero-order chi connectivity index (χ0) is 11.5. The quantitative estimate of drug-likeness (QED) is 0.695. The fourth-order valence-corrected chi connectivity index (χ4v) is 1.20. The summed E-state index contributed by atoms with van der Waals surface area (Å²) in [5.41, 5.74) is -1.33. The third kappa shape index (κ3) is 3.01. The predicted molar refractivity (Wildman–Crippen MR) is 53.9 cm³/mol. The largest absolute Gasteiger partial charge is 0.480 e. The number of rotatable bonds is 4. The average molecular weight is 201 g/mol. The summed E-state index contributed by atoms with van der Waals surface area (Å²) in [7, 11) is 1.63. The Bertz CT molecular complexity index is 234. The molecule has 0 rings (SSSR count).